The van der Waals surface area contributed by atoms with E-state index in [-0.39, 0.29) is 17.6 Å². The molecule has 150 valence electrons. The topological polar surface area (TPSA) is 54.7 Å². The first kappa shape index (κ1) is 21.1. The van der Waals surface area contributed by atoms with Crippen molar-refractivity contribution in [2.75, 3.05) is 24.6 Å². The van der Waals surface area contributed by atoms with Gasteiger partial charge >= 0.3 is 0 Å². The van der Waals surface area contributed by atoms with Gasteiger partial charge in [0.25, 0.3) is 5.91 Å². The van der Waals surface area contributed by atoms with Crippen LogP contribution in [0.5, 0.6) is 0 Å². The third-order valence-corrected chi connectivity index (χ3v) is 6.82. The minimum Gasteiger partial charge on any atom is -0.342 e. The number of carbonyl (C=O) groups excluding carboxylic acids is 2. The summed E-state index contributed by atoms with van der Waals surface area (Å²) in [6, 6.07) is 5.62. The number of thiazole rings is 1. The number of halogens is 1. The lowest BCUT2D eigenvalue weighted by Gasteiger charge is -2.30. The van der Waals surface area contributed by atoms with E-state index in [1.807, 2.05) is 27.7 Å². The van der Waals surface area contributed by atoms with Gasteiger partial charge in [-0.3, -0.25) is 9.59 Å². The maximum absolute atomic E-state index is 12.4. The highest BCUT2D eigenvalue weighted by atomic mass is 35.5. The van der Waals surface area contributed by atoms with Crippen molar-refractivity contribution < 1.29 is 9.59 Å². The monoisotopic (exact) mass is 437 g/mol. The molecule has 1 saturated heterocycles. The van der Waals surface area contributed by atoms with Crippen molar-refractivity contribution >= 4 is 56.7 Å². The third-order valence-electron chi connectivity index (χ3n) is 4.64. The first-order chi connectivity index (χ1) is 13.5. The highest BCUT2D eigenvalue weighted by Gasteiger charge is 2.20. The molecule has 1 unspecified atom stereocenters. The Morgan fingerprint density at radius 3 is 3.00 bits per heavy atom. The Kier molecular flexibility index (Phi) is 7.37. The molecule has 0 aliphatic carbocycles. The maximum Gasteiger partial charge on any atom is 0.258 e. The van der Waals surface area contributed by atoms with Gasteiger partial charge in [-0.1, -0.05) is 35.9 Å². The van der Waals surface area contributed by atoms with E-state index >= 15 is 0 Å². The van der Waals surface area contributed by atoms with Crippen LogP contribution in [0.3, 0.4) is 0 Å². The van der Waals surface area contributed by atoms with Crippen molar-refractivity contribution in [3.05, 3.63) is 40.7 Å². The fraction of sp³-hybridized carbons (Fsp3) is 0.450. The molecule has 1 atom stereocenters. The van der Waals surface area contributed by atoms with Crippen LogP contribution in [0.25, 0.3) is 10.2 Å². The molecule has 0 radical (unpaired) electrons. The van der Waals surface area contributed by atoms with E-state index < -0.39 is 0 Å². The van der Waals surface area contributed by atoms with Crippen LogP contribution in [-0.4, -0.2) is 45.9 Å². The van der Waals surface area contributed by atoms with Crippen LogP contribution in [0.15, 0.2) is 35.8 Å². The van der Waals surface area contributed by atoms with Gasteiger partial charge < -0.3 is 9.47 Å². The van der Waals surface area contributed by atoms with Crippen molar-refractivity contribution in [1.82, 2.24) is 9.47 Å². The maximum atomic E-state index is 12.4. The molecule has 28 heavy (non-hydrogen) atoms. The van der Waals surface area contributed by atoms with E-state index in [4.69, 9.17) is 11.6 Å². The van der Waals surface area contributed by atoms with Crippen molar-refractivity contribution in [2.45, 2.75) is 26.3 Å². The summed E-state index contributed by atoms with van der Waals surface area (Å²) >= 11 is 8.83. The summed E-state index contributed by atoms with van der Waals surface area (Å²) in [6.45, 7) is 8.17. The average molecular weight is 438 g/mol. The second-order valence-corrected chi connectivity index (χ2v) is 9.41. The average Bonchev–Trinajstić information content (AvgIpc) is 2.98. The zero-order valence-corrected chi connectivity index (χ0v) is 18.3. The molecule has 2 amide bonds. The molecule has 0 saturated carbocycles. The van der Waals surface area contributed by atoms with Gasteiger partial charge in [-0.25, -0.2) is 0 Å². The number of aromatic nitrogens is 1. The molecule has 0 N–H and O–H groups in total. The molecule has 2 aromatic rings. The zero-order valence-electron chi connectivity index (χ0n) is 15.9. The lowest BCUT2D eigenvalue weighted by molar-refractivity contribution is -0.130. The number of allylic oxidation sites excluding steroid dienone is 1. The summed E-state index contributed by atoms with van der Waals surface area (Å²) in [4.78, 5) is 31.5. The standard InChI is InChI=1S/C20H24ClN3O2S2/c1-3-8-24-16-7-6-15(21)10-17(16)28-20(24)22-18(25)12-27-13-19(26)23-9-4-5-14(2)11-23/h3,6-7,10,14H,1,4-5,8-9,11-13H2,2H3. The minimum absolute atomic E-state index is 0.113. The van der Waals surface area contributed by atoms with Gasteiger partial charge in [0.2, 0.25) is 5.91 Å². The minimum atomic E-state index is -0.236. The van der Waals surface area contributed by atoms with Crippen LogP contribution in [0.2, 0.25) is 5.02 Å². The van der Waals surface area contributed by atoms with E-state index in [1.54, 1.807) is 6.08 Å². The third kappa shape index (κ3) is 5.27. The Morgan fingerprint density at radius 2 is 2.25 bits per heavy atom. The lowest BCUT2D eigenvalue weighted by atomic mass is 10.0. The van der Waals surface area contributed by atoms with Crippen LogP contribution in [0.1, 0.15) is 19.8 Å². The zero-order chi connectivity index (χ0) is 20.1. The first-order valence-electron chi connectivity index (χ1n) is 9.31. The van der Waals surface area contributed by atoms with Crippen LogP contribution >= 0.6 is 34.7 Å². The fourth-order valence-corrected chi connectivity index (χ4v) is 5.34. The first-order valence-corrected chi connectivity index (χ1v) is 11.7. The molecule has 2 heterocycles. The van der Waals surface area contributed by atoms with Gasteiger partial charge in [-0.05, 0) is 37.0 Å². The Bertz CT molecular complexity index is 951. The summed E-state index contributed by atoms with van der Waals surface area (Å²) < 4.78 is 2.93. The molecule has 0 bridgehead atoms. The Labute approximate surface area is 178 Å². The van der Waals surface area contributed by atoms with Crippen molar-refractivity contribution in [3.63, 3.8) is 0 Å². The Hall–Kier alpha value is -1.57. The summed E-state index contributed by atoms with van der Waals surface area (Å²) in [5.41, 5.74) is 0.975. The van der Waals surface area contributed by atoms with Gasteiger partial charge in [0.1, 0.15) is 0 Å². The van der Waals surface area contributed by atoms with Crippen LogP contribution in [0, 0.1) is 5.92 Å². The highest BCUT2D eigenvalue weighted by Crippen LogP contribution is 2.22. The quantitative estimate of drug-likeness (QED) is 0.642. The predicted octanol–water partition coefficient (Wildman–Crippen LogP) is 3.96. The van der Waals surface area contributed by atoms with Gasteiger partial charge in [-0.2, -0.15) is 4.99 Å². The number of rotatable bonds is 6. The molecule has 1 fully saturated rings. The SMILES string of the molecule is C=CCn1c(=NC(=O)CSCC(=O)N2CCCC(C)C2)sc2cc(Cl)ccc21. The molecule has 1 aliphatic rings. The highest BCUT2D eigenvalue weighted by molar-refractivity contribution is 8.00. The van der Waals surface area contributed by atoms with E-state index in [0.29, 0.717) is 28.0 Å². The van der Waals surface area contributed by atoms with E-state index in [2.05, 4.69) is 18.5 Å². The molecule has 1 aliphatic heterocycles. The largest absolute Gasteiger partial charge is 0.342 e. The number of amides is 2. The van der Waals surface area contributed by atoms with Crippen LogP contribution in [-0.2, 0) is 16.1 Å². The number of benzene rings is 1. The number of hydrogen-bond acceptors (Lipinski definition) is 4. The van der Waals surface area contributed by atoms with Gasteiger partial charge in [0, 0.05) is 24.7 Å². The summed E-state index contributed by atoms with van der Waals surface area (Å²) in [5.74, 6) is 0.949. The Morgan fingerprint density at radius 1 is 1.43 bits per heavy atom. The summed E-state index contributed by atoms with van der Waals surface area (Å²) in [5, 5.41) is 0.651. The van der Waals surface area contributed by atoms with Gasteiger partial charge in [0.15, 0.2) is 4.80 Å². The predicted molar refractivity (Wildman–Crippen MR) is 118 cm³/mol. The molecule has 8 heteroatoms. The molecular formula is C20H24ClN3O2S2. The van der Waals surface area contributed by atoms with Gasteiger partial charge in [-0.15, -0.1) is 18.3 Å². The summed E-state index contributed by atoms with van der Waals surface area (Å²) in [7, 11) is 0. The van der Waals surface area contributed by atoms with Gasteiger partial charge in [0.05, 0.1) is 21.7 Å². The number of piperidine rings is 1. The van der Waals surface area contributed by atoms with Crippen molar-refractivity contribution in [3.8, 4) is 0 Å². The van der Waals surface area contributed by atoms with E-state index in [9.17, 15) is 9.59 Å². The summed E-state index contributed by atoms with van der Waals surface area (Å²) in [6.07, 6.45) is 4.02. The molecule has 1 aromatic carbocycles. The number of carbonyl (C=O) groups is 2. The molecule has 5 nitrogen and oxygen atoms in total. The Balaban J connectivity index is 1.65. The van der Waals surface area contributed by atoms with Crippen molar-refractivity contribution in [2.24, 2.45) is 10.9 Å². The van der Waals surface area contributed by atoms with E-state index in [0.717, 1.165) is 29.7 Å². The van der Waals surface area contributed by atoms with Crippen LogP contribution in [0.4, 0.5) is 0 Å². The molecular weight excluding hydrogens is 414 g/mol. The number of nitrogens with zero attached hydrogens (tertiary/aromatic N) is 3. The molecule has 0 spiro atoms. The normalized spacial score (nSPS) is 17.9. The second kappa shape index (κ2) is 9.76. The number of fused-ring (bicyclic) bond motifs is 1. The number of likely N-dealkylation sites (tertiary alicyclic amines) is 1. The number of hydrogen-bond donors (Lipinski definition) is 0. The smallest absolute Gasteiger partial charge is 0.258 e. The lowest BCUT2D eigenvalue weighted by Crippen LogP contribution is -2.40. The molecule has 3 rings (SSSR count). The van der Waals surface area contributed by atoms with Crippen LogP contribution < -0.4 is 4.80 Å². The fourth-order valence-electron chi connectivity index (χ4n) is 3.31. The van der Waals surface area contributed by atoms with Crippen molar-refractivity contribution in [1.29, 1.82) is 0 Å². The molecule has 1 aromatic heterocycles. The number of thioether (sulfide) groups is 1. The van der Waals surface area contributed by atoms with E-state index in [1.165, 1.54) is 29.5 Å². The second-order valence-electron chi connectivity index (χ2n) is 6.98.